The Hall–Kier alpha value is -1.61. The minimum atomic E-state index is -0.589. The summed E-state index contributed by atoms with van der Waals surface area (Å²) in [5.41, 5.74) is 0. The van der Waals surface area contributed by atoms with Crippen molar-refractivity contribution in [2.24, 2.45) is 0 Å². The Labute approximate surface area is 113 Å². The minimum absolute atomic E-state index is 0.257. The van der Waals surface area contributed by atoms with Gasteiger partial charge in [0.15, 0.2) is 0 Å². The van der Waals surface area contributed by atoms with Crippen LogP contribution in [0.25, 0.3) is 0 Å². The molecule has 0 fully saturated rings. The van der Waals surface area contributed by atoms with Crippen LogP contribution in [0.5, 0.6) is 0 Å². The van der Waals surface area contributed by atoms with Gasteiger partial charge in [-0.3, -0.25) is 4.90 Å². The lowest BCUT2D eigenvalue weighted by Gasteiger charge is -2.23. The molecule has 1 unspecified atom stereocenters. The van der Waals surface area contributed by atoms with Crippen molar-refractivity contribution in [3.05, 3.63) is 36.8 Å². The molecule has 1 heterocycles. The van der Waals surface area contributed by atoms with E-state index in [1.165, 1.54) is 0 Å². The maximum absolute atomic E-state index is 9.86. The van der Waals surface area contributed by atoms with E-state index in [2.05, 4.69) is 12.6 Å². The topological polar surface area (TPSA) is 69.6 Å². The Morgan fingerprint density at radius 3 is 3.11 bits per heavy atom. The standard InChI is InChI=1S/C14H20N2O3/c1-2-8-18-12-13(17)10-16(7-4-6-15)11-14-5-3-9-19-14/h2-3,5,9,13,17H,1,4,7-8,10-12H2. The highest BCUT2D eigenvalue weighted by molar-refractivity contribution is 4.98. The summed E-state index contributed by atoms with van der Waals surface area (Å²) in [5, 5.41) is 18.5. The van der Waals surface area contributed by atoms with Crippen LogP contribution in [0.3, 0.4) is 0 Å². The molecule has 104 valence electrons. The molecular formula is C14H20N2O3. The van der Waals surface area contributed by atoms with Crippen LogP contribution in [0.4, 0.5) is 0 Å². The molecule has 0 aromatic carbocycles. The Balaban J connectivity index is 2.39. The second-order valence-electron chi connectivity index (χ2n) is 4.20. The molecule has 0 aliphatic carbocycles. The fraction of sp³-hybridized carbons (Fsp3) is 0.500. The fourth-order valence-electron chi connectivity index (χ4n) is 1.70. The smallest absolute Gasteiger partial charge is 0.117 e. The zero-order valence-corrected chi connectivity index (χ0v) is 11.0. The fourth-order valence-corrected chi connectivity index (χ4v) is 1.70. The molecule has 1 atom stereocenters. The third-order valence-electron chi connectivity index (χ3n) is 2.51. The summed E-state index contributed by atoms with van der Waals surface area (Å²) < 4.78 is 10.5. The summed E-state index contributed by atoms with van der Waals surface area (Å²) in [4.78, 5) is 1.98. The number of nitrogens with zero attached hydrogens (tertiary/aromatic N) is 2. The molecule has 0 bridgehead atoms. The molecule has 0 aliphatic heterocycles. The van der Waals surface area contributed by atoms with Crippen molar-refractivity contribution in [3.8, 4) is 6.07 Å². The molecule has 0 aliphatic rings. The van der Waals surface area contributed by atoms with Crippen molar-refractivity contribution in [2.75, 3.05) is 26.3 Å². The molecule has 0 saturated carbocycles. The van der Waals surface area contributed by atoms with Gasteiger partial charge in [0.2, 0.25) is 0 Å². The summed E-state index contributed by atoms with van der Waals surface area (Å²) in [6.45, 7) is 5.84. The summed E-state index contributed by atoms with van der Waals surface area (Å²) in [5.74, 6) is 0.817. The molecule has 0 spiro atoms. The quantitative estimate of drug-likeness (QED) is 0.513. The van der Waals surface area contributed by atoms with Gasteiger partial charge in [0.05, 0.1) is 38.2 Å². The predicted molar refractivity (Wildman–Crippen MR) is 71.2 cm³/mol. The first kappa shape index (κ1) is 15.4. The first-order valence-corrected chi connectivity index (χ1v) is 6.24. The molecule has 1 N–H and O–H groups in total. The van der Waals surface area contributed by atoms with Crippen LogP contribution in [0, 0.1) is 11.3 Å². The number of furan rings is 1. The lowest BCUT2D eigenvalue weighted by molar-refractivity contribution is 0.0238. The summed E-state index contributed by atoms with van der Waals surface area (Å²) in [6.07, 6.45) is 3.08. The number of rotatable bonds is 10. The van der Waals surface area contributed by atoms with Crippen molar-refractivity contribution in [2.45, 2.75) is 19.1 Å². The molecule has 0 radical (unpaired) electrons. The highest BCUT2D eigenvalue weighted by atomic mass is 16.5. The van der Waals surface area contributed by atoms with E-state index >= 15 is 0 Å². The van der Waals surface area contributed by atoms with Crippen molar-refractivity contribution in [3.63, 3.8) is 0 Å². The molecular weight excluding hydrogens is 244 g/mol. The van der Waals surface area contributed by atoms with Crippen LogP contribution in [-0.4, -0.2) is 42.4 Å². The Morgan fingerprint density at radius 2 is 2.47 bits per heavy atom. The molecule has 19 heavy (non-hydrogen) atoms. The van der Waals surface area contributed by atoms with E-state index in [1.54, 1.807) is 12.3 Å². The van der Waals surface area contributed by atoms with Crippen LogP contribution < -0.4 is 0 Å². The number of ether oxygens (including phenoxy) is 1. The number of hydrogen-bond donors (Lipinski definition) is 1. The van der Waals surface area contributed by atoms with E-state index in [9.17, 15) is 5.11 Å². The second-order valence-corrected chi connectivity index (χ2v) is 4.20. The normalized spacial score (nSPS) is 12.3. The third kappa shape index (κ3) is 6.77. The van der Waals surface area contributed by atoms with Crippen molar-refractivity contribution < 1.29 is 14.3 Å². The molecule has 1 aromatic rings. The Kier molecular flexibility index (Phi) is 7.59. The van der Waals surface area contributed by atoms with Gasteiger partial charge in [-0.15, -0.1) is 6.58 Å². The van der Waals surface area contributed by atoms with Gasteiger partial charge in [-0.05, 0) is 12.1 Å². The largest absolute Gasteiger partial charge is 0.468 e. The average Bonchev–Trinajstić information content (AvgIpc) is 2.89. The van der Waals surface area contributed by atoms with Gasteiger partial charge in [0.25, 0.3) is 0 Å². The monoisotopic (exact) mass is 264 g/mol. The average molecular weight is 264 g/mol. The highest BCUT2D eigenvalue weighted by Gasteiger charge is 2.13. The van der Waals surface area contributed by atoms with E-state index < -0.39 is 6.10 Å². The van der Waals surface area contributed by atoms with E-state index in [0.717, 1.165) is 5.76 Å². The lowest BCUT2D eigenvalue weighted by atomic mass is 10.3. The first-order chi connectivity index (χ1) is 9.26. The molecule has 1 aromatic heterocycles. The van der Waals surface area contributed by atoms with Gasteiger partial charge in [-0.1, -0.05) is 6.08 Å². The number of hydrogen-bond acceptors (Lipinski definition) is 5. The van der Waals surface area contributed by atoms with Crippen molar-refractivity contribution in [1.82, 2.24) is 4.90 Å². The van der Waals surface area contributed by atoms with Crippen LogP contribution >= 0.6 is 0 Å². The van der Waals surface area contributed by atoms with Crippen LogP contribution in [0.1, 0.15) is 12.2 Å². The van der Waals surface area contributed by atoms with Crippen molar-refractivity contribution >= 4 is 0 Å². The van der Waals surface area contributed by atoms with E-state index in [0.29, 0.717) is 32.7 Å². The summed E-state index contributed by atoms with van der Waals surface area (Å²) in [7, 11) is 0. The molecule has 5 nitrogen and oxygen atoms in total. The van der Waals surface area contributed by atoms with Gasteiger partial charge >= 0.3 is 0 Å². The maximum atomic E-state index is 9.86. The van der Waals surface area contributed by atoms with E-state index in [-0.39, 0.29) is 6.61 Å². The number of aliphatic hydroxyl groups excluding tert-OH is 1. The maximum Gasteiger partial charge on any atom is 0.117 e. The predicted octanol–water partition coefficient (Wildman–Crippen LogP) is 1.56. The Bertz CT molecular complexity index is 384. The van der Waals surface area contributed by atoms with E-state index in [1.807, 2.05) is 17.0 Å². The van der Waals surface area contributed by atoms with Crippen LogP contribution in [0.2, 0.25) is 0 Å². The van der Waals surface area contributed by atoms with Gasteiger partial charge in [0, 0.05) is 19.5 Å². The molecule has 0 amide bonds. The van der Waals surface area contributed by atoms with Crippen LogP contribution in [0.15, 0.2) is 35.5 Å². The zero-order chi connectivity index (χ0) is 13.9. The zero-order valence-electron chi connectivity index (χ0n) is 11.0. The van der Waals surface area contributed by atoms with Crippen molar-refractivity contribution in [1.29, 1.82) is 5.26 Å². The van der Waals surface area contributed by atoms with E-state index in [4.69, 9.17) is 14.4 Å². The van der Waals surface area contributed by atoms with Gasteiger partial charge in [-0.25, -0.2) is 0 Å². The number of nitriles is 1. The highest BCUT2D eigenvalue weighted by Crippen LogP contribution is 2.07. The van der Waals surface area contributed by atoms with Gasteiger partial charge in [-0.2, -0.15) is 5.26 Å². The Morgan fingerprint density at radius 1 is 1.63 bits per heavy atom. The summed E-state index contributed by atoms with van der Waals surface area (Å²) >= 11 is 0. The molecule has 1 rings (SSSR count). The van der Waals surface area contributed by atoms with Crippen LogP contribution in [-0.2, 0) is 11.3 Å². The van der Waals surface area contributed by atoms with Gasteiger partial charge < -0.3 is 14.3 Å². The second kappa shape index (κ2) is 9.34. The summed E-state index contributed by atoms with van der Waals surface area (Å²) in [6, 6.07) is 5.80. The molecule has 0 saturated heterocycles. The third-order valence-corrected chi connectivity index (χ3v) is 2.51. The number of aliphatic hydroxyl groups is 1. The molecule has 5 heteroatoms. The lowest BCUT2D eigenvalue weighted by Crippen LogP contribution is -2.35. The SMILES string of the molecule is C=CCOCC(O)CN(CCC#N)Cc1ccco1. The van der Waals surface area contributed by atoms with Gasteiger partial charge in [0.1, 0.15) is 5.76 Å². The first-order valence-electron chi connectivity index (χ1n) is 6.24. The minimum Gasteiger partial charge on any atom is -0.468 e.